The van der Waals surface area contributed by atoms with Crippen LogP contribution in [0.1, 0.15) is 47.5 Å². The molecular weight excluding hydrogens is 182 g/mol. The molecule has 0 saturated heterocycles. The van der Waals surface area contributed by atoms with E-state index in [2.05, 4.69) is 46.8 Å². The van der Waals surface area contributed by atoms with Gasteiger partial charge in [0.2, 0.25) is 0 Å². The molecule has 0 radical (unpaired) electrons. The van der Waals surface area contributed by atoms with Crippen LogP contribution in [-0.4, -0.2) is 0 Å². The van der Waals surface area contributed by atoms with Gasteiger partial charge in [-0.1, -0.05) is 45.9 Å². The molecule has 0 atom stereocenters. The van der Waals surface area contributed by atoms with Crippen molar-refractivity contribution in [3.8, 4) is 0 Å². The van der Waals surface area contributed by atoms with E-state index in [9.17, 15) is 0 Å². The Bertz CT molecular complexity index is 267. The Balaban J connectivity index is 4.63. The molecule has 0 spiro atoms. The Kier molecular flexibility index (Phi) is 6.07. The van der Waals surface area contributed by atoms with Gasteiger partial charge in [-0.2, -0.15) is 0 Å². The van der Waals surface area contributed by atoms with Gasteiger partial charge in [0, 0.05) is 5.70 Å². The molecule has 0 unspecified atom stereocenters. The predicted molar refractivity (Wildman–Crippen MR) is 69.5 cm³/mol. The van der Waals surface area contributed by atoms with Crippen LogP contribution in [0.25, 0.3) is 0 Å². The molecule has 1 heteroatoms. The van der Waals surface area contributed by atoms with E-state index in [-0.39, 0.29) is 5.41 Å². The summed E-state index contributed by atoms with van der Waals surface area (Å²) in [6.07, 6.45) is 10.4. The van der Waals surface area contributed by atoms with E-state index in [0.717, 1.165) is 18.5 Å². The first-order chi connectivity index (χ1) is 6.97. The number of rotatable bonds is 5. The first-order valence-electron chi connectivity index (χ1n) is 5.77. The minimum absolute atomic E-state index is 0.250. The minimum Gasteiger partial charge on any atom is -0.402 e. The Morgan fingerprint density at radius 1 is 1.27 bits per heavy atom. The second-order valence-corrected chi connectivity index (χ2v) is 4.44. The predicted octanol–water partition coefficient (Wildman–Crippen LogP) is 4.18. The van der Waals surface area contributed by atoms with Gasteiger partial charge in [-0.15, -0.1) is 0 Å². The highest BCUT2D eigenvalue weighted by molar-refractivity contribution is 5.28. The molecule has 0 amide bonds. The van der Waals surface area contributed by atoms with Crippen LogP contribution >= 0.6 is 0 Å². The average Bonchev–Trinajstić information content (AvgIpc) is 2.23. The Hall–Kier alpha value is -0.980. The van der Waals surface area contributed by atoms with Crippen LogP contribution in [0, 0.1) is 5.41 Å². The lowest BCUT2D eigenvalue weighted by molar-refractivity contribution is 0.439. The molecule has 0 bridgehead atoms. The quantitative estimate of drug-likeness (QED) is 0.672. The summed E-state index contributed by atoms with van der Waals surface area (Å²) in [5, 5.41) is 0. The van der Waals surface area contributed by atoms with Gasteiger partial charge < -0.3 is 5.73 Å². The molecule has 0 aromatic carbocycles. The van der Waals surface area contributed by atoms with Gasteiger partial charge in [0.15, 0.2) is 0 Å². The highest BCUT2D eigenvalue weighted by atomic mass is 14.6. The van der Waals surface area contributed by atoms with Crippen LogP contribution in [0.2, 0.25) is 0 Å². The summed E-state index contributed by atoms with van der Waals surface area (Å²) < 4.78 is 0. The third-order valence-electron chi connectivity index (χ3n) is 2.97. The Morgan fingerprint density at radius 3 is 2.27 bits per heavy atom. The summed E-state index contributed by atoms with van der Waals surface area (Å²) in [5.41, 5.74) is 8.28. The van der Waals surface area contributed by atoms with Crippen molar-refractivity contribution in [2.75, 3.05) is 0 Å². The fraction of sp³-hybridized carbons (Fsp3) is 0.571. The lowest BCUT2D eigenvalue weighted by Crippen LogP contribution is -2.11. The monoisotopic (exact) mass is 207 g/mol. The maximum absolute atomic E-state index is 5.73. The van der Waals surface area contributed by atoms with E-state index < -0.39 is 0 Å². The maximum Gasteiger partial charge on any atom is 0.00776 e. The van der Waals surface area contributed by atoms with E-state index in [0.29, 0.717) is 0 Å². The Morgan fingerprint density at radius 2 is 1.87 bits per heavy atom. The maximum atomic E-state index is 5.73. The van der Waals surface area contributed by atoms with Crippen molar-refractivity contribution >= 4 is 0 Å². The van der Waals surface area contributed by atoms with Gasteiger partial charge in [-0.25, -0.2) is 0 Å². The van der Waals surface area contributed by atoms with Crippen molar-refractivity contribution < 1.29 is 0 Å². The Labute approximate surface area is 94.8 Å². The third kappa shape index (κ3) is 4.87. The first-order valence-corrected chi connectivity index (χ1v) is 5.77. The zero-order valence-corrected chi connectivity index (χ0v) is 10.8. The smallest absolute Gasteiger partial charge is 0.00776 e. The molecular formula is C14H25N. The van der Waals surface area contributed by atoms with E-state index in [1.807, 2.05) is 12.2 Å². The molecule has 0 heterocycles. The molecule has 2 N–H and O–H groups in total. The molecule has 0 rings (SSSR count). The minimum atomic E-state index is 0.250. The second kappa shape index (κ2) is 6.49. The summed E-state index contributed by atoms with van der Waals surface area (Å²) in [5.74, 6) is 0. The average molecular weight is 207 g/mol. The van der Waals surface area contributed by atoms with Gasteiger partial charge in [0.25, 0.3) is 0 Å². The van der Waals surface area contributed by atoms with Crippen LogP contribution in [0.3, 0.4) is 0 Å². The molecule has 0 aliphatic heterocycles. The summed E-state index contributed by atoms with van der Waals surface area (Å²) >= 11 is 0. The highest BCUT2D eigenvalue weighted by Gasteiger charge is 2.17. The zero-order valence-electron chi connectivity index (χ0n) is 10.8. The first kappa shape index (κ1) is 14.0. The normalized spacial score (nSPS) is 15.0. The van der Waals surface area contributed by atoms with Gasteiger partial charge >= 0.3 is 0 Å². The molecule has 0 aromatic rings. The van der Waals surface area contributed by atoms with E-state index in [1.165, 1.54) is 5.57 Å². The summed E-state index contributed by atoms with van der Waals surface area (Å²) in [7, 11) is 0. The van der Waals surface area contributed by atoms with E-state index in [4.69, 9.17) is 5.73 Å². The summed E-state index contributed by atoms with van der Waals surface area (Å²) in [6, 6.07) is 0. The number of allylic oxidation sites excluding steroid dienone is 6. The van der Waals surface area contributed by atoms with Crippen LogP contribution in [0.5, 0.6) is 0 Å². The van der Waals surface area contributed by atoms with Crippen molar-refractivity contribution in [3.63, 3.8) is 0 Å². The lowest BCUT2D eigenvalue weighted by atomic mass is 9.81. The summed E-state index contributed by atoms with van der Waals surface area (Å²) in [4.78, 5) is 0. The molecule has 0 aliphatic rings. The number of nitrogens with two attached hydrogens (primary N) is 1. The van der Waals surface area contributed by atoms with Crippen molar-refractivity contribution in [1.82, 2.24) is 0 Å². The lowest BCUT2D eigenvalue weighted by Gasteiger charge is -2.24. The van der Waals surface area contributed by atoms with Crippen molar-refractivity contribution in [3.05, 3.63) is 35.6 Å². The van der Waals surface area contributed by atoms with Crippen molar-refractivity contribution in [1.29, 1.82) is 0 Å². The van der Waals surface area contributed by atoms with Crippen LogP contribution in [0.4, 0.5) is 0 Å². The zero-order chi connectivity index (χ0) is 11.9. The van der Waals surface area contributed by atoms with Gasteiger partial charge in [0.1, 0.15) is 0 Å². The second-order valence-electron chi connectivity index (χ2n) is 4.44. The van der Waals surface area contributed by atoms with Crippen LogP contribution in [0.15, 0.2) is 35.6 Å². The highest BCUT2D eigenvalue weighted by Crippen LogP contribution is 2.30. The molecule has 0 aromatic heterocycles. The largest absolute Gasteiger partial charge is 0.402 e. The standard InChI is InChI=1S/C14H25N/c1-6-12(14(4,5)8-3)10-9-11-13(15)7-2/h6,9-11H,7-8,15H2,1-5H3/b10-9-,12-6+,13-11-. The van der Waals surface area contributed by atoms with Crippen molar-refractivity contribution in [2.45, 2.75) is 47.5 Å². The molecule has 0 saturated carbocycles. The SMILES string of the molecule is C\C=C(/C=C\C=C(/N)CC)C(C)(C)CC. The van der Waals surface area contributed by atoms with Crippen LogP contribution in [-0.2, 0) is 0 Å². The van der Waals surface area contributed by atoms with Crippen molar-refractivity contribution in [2.24, 2.45) is 11.1 Å². The fourth-order valence-electron chi connectivity index (χ4n) is 1.31. The molecule has 1 nitrogen and oxygen atoms in total. The number of hydrogen-bond acceptors (Lipinski definition) is 1. The molecule has 0 aliphatic carbocycles. The van der Waals surface area contributed by atoms with Gasteiger partial charge in [-0.3, -0.25) is 0 Å². The number of hydrogen-bond donors (Lipinski definition) is 1. The fourth-order valence-corrected chi connectivity index (χ4v) is 1.31. The topological polar surface area (TPSA) is 26.0 Å². The third-order valence-corrected chi connectivity index (χ3v) is 2.97. The molecule has 0 fully saturated rings. The van der Waals surface area contributed by atoms with E-state index in [1.54, 1.807) is 0 Å². The molecule has 15 heavy (non-hydrogen) atoms. The summed E-state index contributed by atoms with van der Waals surface area (Å²) in [6.45, 7) is 10.9. The van der Waals surface area contributed by atoms with Crippen LogP contribution < -0.4 is 5.73 Å². The van der Waals surface area contributed by atoms with E-state index >= 15 is 0 Å². The van der Waals surface area contributed by atoms with Gasteiger partial charge in [0.05, 0.1) is 0 Å². The molecule has 86 valence electrons. The van der Waals surface area contributed by atoms with Gasteiger partial charge in [-0.05, 0) is 36.8 Å².